The van der Waals surface area contributed by atoms with Crippen molar-refractivity contribution in [3.8, 4) is 11.3 Å². The van der Waals surface area contributed by atoms with Crippen molar-refractivity contribution < 1.29 is 4.52 Å². The highest BCUT2D eigenvalue weighted by atomic mass is 16.5. The van der Waals surface area contributed by atoms with E-state index in [0.29, 0.717) is 0 Å². The van der Waals surface area contributed by atoms with E-state index in [0.717, 1.165) is 41.4 Å². The molecule has 5 nitrogen and oxygen atoms in total. The lowest BCUT2D eigenvalue weighted by Gasteiger charge is -2.02. The average molecular weight is 234 g/mol. The summed E-state index contributed by atoms with van der Waals surface area (Å²) in [6, 6.07) is 0. The lowest BCUT2D eigenvalue weighted by atomic mass is 10.1. The van der Waals surface area contributed by atoms with Crippen molar-refractivity contribution in [2.45, 2.75) is 33.9 Å². The van der Waals surface area contributed by atoms with E-state index in [1.807, 2.05) is 18.7 Å². The predicted molar refractivity (Wildman–Crippen MR) is 65.6 cm³/mol. The quantitative estimate of drug-likeness (QED) is 0.877. The van der Waals surface area contributed by atoms with Crippen LogP contribution in [0.5, 0.6) is 0 Å². The molecule has 0 fully saturated rings. The van der Waals surface area contributed by atoms with Gasteiger partial charge in [0.1, 0.15) is 0 Å². The van der Waals surface area contributed by atoms with Crippen molar-refractivity contribution in [3.05, 3.63) is 23.1 Å². The summed E-state index contributed by atoms with van der Waals surface area (Å²) in [5, 5.41) is 11.5. The molecule has 5 heteroatoms. The zero-order valence-corrected chi connectivity index (χ0v) is 10.7. The second-order valence-corrected chi connectivity index (χ2v) is 4.07. The van der Waals surface area contributed by atoms with Crippen molar-refractivity contribution in [2.75, 3.05) is 7.05 Å². The summed E-state index contributed by atoms with van der Waals surface area (Å²) in [5.74, 6) is 0.828. The third-order valence-electron chi connectivity index (χ3n) is 2.92. The minimum Gasteiger partial charge on any atom is -0.356 e. The molecule has 0 radical (unpaired) electrons. The average Bonchev–Trinajstić information content (AvgIpc) is 2.84. The standard InChI is InChI=1S/C12H18N4O/c1-5-16-9(3)11(8(2)15-16)12-10(6-13-4)7-14-17-12/h7,13H,5-6H2,1-4H3. The Morgan fingerprint density at radius 2 is 2.18 bits per heavy atom. The largest absolute Gasteiger partial charge is 0.356 e. The molecule has 0 aliphatic rings. The second kappa shape index (κ2) is 4.71. The Balaban J connectivity index is 2.52. The van der Waals surface area contributed by atoms with Gasteiger partial charge in [-0.1, -0.05) is 5.16 Å². The molecule has 0 aromatic carbocycles. The highest BCUT2D eigenvalue weighted by Gasteiger charge is 2.19. The number of aryl methyl sites for hydroxylation is 2. The van der Waals surface area contributed by atoms with Crippen LogP contribution in [0.1, 0.15) is 23.9 Å². The summed E-state index contributed by atoms with van der Waals surface area (Å²) < 4.78 is 7.36. The van der Waals surface area contributed by atoms with Gasteiger partial charge in [0, 0.05) is 24.3 Å². The Hall–Kier alpha value is -1.62. The van der Waals surface area contributed by atoms with Crippen LogP contribution in [0, 0.1) is 13.8 Å². The molecule has 1 N–H and O–H groups in total. The molecule has 2 heterocycles. The number of hydrogen-bond acceptors (Lipinski definition) is 4. The predicted octanol–water partition coefficient (Wildman–Crippen LogP) is 1.89. The summed E-state index contributed by atoms with van der Waals surface area (Å²) in [4.78, 5) is 0. The van der Waals surface area contributed by atoms with E-state index >= 15 is 0 Å². The van der Waals surface area contributed by atoms with Crippen LogP contribution in [0.2, 0.25) is 0 Å². The van der Waals surface area contributed by atoms with Gasteiger partial charge in [0.05, 0.1) is 17.5 Å². The van der Waals surface area contributed by atoms with Crippen LogP contribution in [-0.2, 0) is 13.1 Å². The van der Waals surface area contributed by atoms with E-state index in [-0.39, 0.29) is 0 Å². The summed E-state index contributed by atoms with van der Waals surface area (Å²) >= 11 is 0. The topological polar surface area (TPSA) is 55.9 Å². The lowest BCUT2D eigenvalue weighted by Crippen LogP contribution is -2.05. The van der Waals surface area contributed by atoms with Gasteiger partial charge in [-0.2, -0.15) is 5.10 Å². The number of hydrogen-bond donors (Lipinski definition) is 1. The van der Waals surface area contributed by atoms with Crippen LogP contribution in [0.3, 0.4) is 0 Å². The van der Waals surface area contributed by atoms with Crippen molar-refractivity contribution >= 4 is 0 Å². The van der Waals surface area contributed by atoms with Crippen molar-refractivity contribution in [1.82, 2.24) is 20.3 Å². The first-order valence-corrected chi connectivity index (χ1v) is 5.81. The maximum Gasteiger partial charge on any atom is 0.175 e. The molecule has 92 valence electrons. The van der Waals surface area contributed by atoms with Crippen LogP contribution in [0.15, 0.2) is 10.7 Å². The van der Waals surface area contributed by atoms with Gasteiger partial charge in [-0.25, -0.2) is 0 Å². The van der Waals surface area contributed by atoms with Crippen LogP contribution >= 0.6 is 0 Å². The maximum atomic E-state index is 5.38. The molecule has 17 heavy (non-hydrogen) atoms. The van der Waals surface area contributed by atoms with E-state index in [1.54, 1.807) is 6.20 Å². The Labute approximate surface area is 101 Å². The number of aromatic nitrogens is 3. The molecular weight excluding hydrogens is 216 g/mol. The Morgan fingerprint density at radius 3 is 2.76 bits per heavy atom. The Bertz CT molecular complexity index is 513. The van der Waals surface area contributed by atoms with Crippen LogP contribution in [0.4, 0.5) is 0 Å². The highest BCUT2D eigenvalue weighted by molar-refractivity contribution is 5.66. The molecule has 2 aromatic rings. The van der Waals surface area contributed by atoms with E-state index < -0.39 is 0 Å². The molecule has 0 aliphatic heterocycles. The Kier molecular flexibility index (Phi) is 3.28. The fourth-order valence-corrected chi connectivity index (χ4v) is 2.12. The van der Waals surface area contributed by atoms with Crippen molar-refractivity contribution in [3.63, 3.8) is 0 Å². The lowest BCUT2D eigenvalue weighted by molar-refractivity contribution is 0.431. The SMILES string of the molecule is CCn1nc(C)c(-c2oncc2CNC)c1C. The van der Waals surface area contributed by atoms with Gasteiger partial charge in [-0.05, 0) is 27.8 Å². The van der Waals surface area contributed by atoms with Crippen LogP contribution in [-0.4, -0.2) is 22.0 Å². The maximum absolute atomic E-state index is 5.38. The van der Waals surface area contributed by atoms with E-state index in [1.165, 1.54) is 0 Å². The molecule has 0 saturated heterocycles. The summed E-state index contributed by atoms with van der Waals surface area (Å²) in [6.45, 7) is 7.75. The summed E-state index contributed by atoms with van der Waals surface area (Å²) in [6.07, 6.45) is 1.76. The fourth-order valence-electron chi connectivity index (χ4n) is 2.12. The summed E-state index contributed by atoms with van der Waals surface area (Å²) in [7, 11) is 1.91. The molecular formula is C12H18N4O. The zero-order valence-electron chi connectivity index (χ0n) is 10.7. The third kappa shape index (κ3) is 1.98. The molecule has 0 saturated carbocycles. The van der Waals surface area contributed by atoms with E-state index in [2.05, 4.69) is 29.4 Å². The van der Waals surface area contributed by atoms with Crippen molar-refractivity contribution in [2.24, 2.45) is 0 Å². The van der Waals surface area contributed by atoms with Crippen molar-refractivity contribution in [1.29, 1.82) is 0 Å². The van der Waals surface area contributed by atoms with Gasteiger partial charge in [-0.15, -0.1) is 0 Å². The third-order valence-corrected chi connectivity index (χ3v) is 2.92. The van der Waals surface area contributed by atoms with Gasteiger partial charge in [0.2, 0.25) is 0 Å². The summed E-state index contributed by atoms with van der Waals surface area (Å²) in [5.41, 5.74) is 4.24. The molecule has 0 atom stereocenters. The van der Waals surface area contributed by atoms with Gasteiger partial charge < -0.3 is 9.84 Å². The monoisotopic (exact) mass is 234 g/mol. The molecule has 2 rings (SSSR count). The smallest absolute Gasteiger partial charge is 0.175 e. The minimum absolute atomic E-state index is 0.745. The molecule has 0 unspecified atom stereocenters. The van der Waals surface area contributed by atoms with E-state index in [4.69, 9.17) is 4.52 Å². The second-order valence-electron chi connectivity index (χ2n) is 4.07. The van der Waals surface area contributed by atoms with Gasteiger partial charge in [-0.3, -0.25) is 4.68 Å². The Morgan fingerprint density at radius 1 is 1.41 bits per heavy atom. The normalized spacial score (nSPS) is 11.1. The van der Waals surface area contributed by atoms with E-state index in [9.17, 15) is 0 Å². The number of rotatable bonds is 4. The minimum atomic E-state index is 0.745. The molecule has 0 spiro atoms. The van der Waals surface area contributed by atoms with Crippen LogP contribution in [0.25, 0.3) is 11.3 Å². The molecule has 0 amide bonds. The van der Waals surface area contributed by atoms with Crippen LogP contribution < -0.4 is 5.32 Å². The van der Waals surface area contributed by atoms with Gasteiger partial charge >= 0.3 is 0 Å². The van der Waals surface area contributed by atoms with Gasteiger partial charge in [0.15, 0.2) is 5.76 Å². The molecule has 0 bridgehead atoms. The first kappa shape index (κ1) is 11.9. The first-order valence-electron chi connectivity index (χ1n) is 5.81. The molecule has 2 aromatic heterocycles. The number of nitrogens with one attached hydrogen (secondary N) is 1. The molecule has 0 aliphatic carbocycles. The highest BCUT2D eigenvalue weighted by Crippen LogP contribution is 2.29. The first-order chi connectivity index (χ1) is 8.19. The number of nitrogens with zero attached hydrogens (tertiary/aromatic N) is 3. The fraction of sp³-hybridized carbons (Fsp3) is 0.500. The zero-order chi connectivity index (χ0) is 12.4. The van der Waals surface area contributed by atoms with Gasteiger partial charge in [0.25, 0.3) is 0 Å².